The molecule has 2 aromatic rings. The quantitative estimate of drug-likeness (QED) is 0.769. The lowest BCUT2D eigenvalue weighted by atomic mass is 9.84. The Kier molecular flexibility index (Phi) is 4.94. The van der Waals surface area contributed by atoms with E-state index in [1.807, 2.05) is 12.1 Å². The summed E-state index contributed by atoms with van der Waals surface area (Å²) >= 11 is 6.07. The van der Waals surface area contributed by atoms with E-state index in [1.165, 1.54) is 25.7 Å². The molecule has 4 unspecified atom stereocenters. The van der Waals surface area contributed by atoms with Crippen LogP contribution in [0.4, 0.5) is 0 Å². The van der Waals surface area contributed by atoms with E-state index < -0.39 is 0 Å². The minimum absolute atomic E-state index is 0.149. The average molecular weight is 374 g/mol. The third-order valence-electron chi connectivity index (χ3n) is 5.89. The van der Waals surface area contributed by atoms with E-state index in [0.717, 1.165) is 11.8 Å². The maximum absolute atomic E-state index is 12.5. The number of halogens is 1. The molecule has 5 heteroatoms. The monoisotopic (exact) mass is 373 g/mol. The van der Waals surface area contributed by atoms with Gasteiger partial charge in [-0.25, -0.2) is 0 Å². The van der Waals surface area contributed by atoms with Crippen molar-refractivity contribution in [1.29, 1.82) is 0 Å². The molecular formula is C21H24ClNO3. The molecule has 1 N–H and O–H groups in total. The number of hydrogen-bond donors (Lipinski definition) is 1. The third-order valence-corrected chi connectivity index (χ3v) is 6.20. The first kappa shape index (κ1) is 17.5. The van der Waals surface area contributed by atoms with Gasteiger partial charge in [-0.05, 0) is 68.2 Å². The zero-order chi connectivity index (χ0) is 18.1. The molecule has 0 aliphatic heterocycles. The molecule has 4 atom stereocenters. The summed E-state index contributed by atoms with van der Waals surface area (Å²) in [4.78, 5) is 12.5. The van der Waals surface area contributed by atoms with Crippen molar-refractivity contribution in [2.24, 2.45) is 17.8 Å². The first-order valence-electron chi connectivity index (χ1n) is 9.37. The number of nitrogens with one attached hydrogen (secondary N) is 1. The molecular weight excluding hydrogens is 350 g/mol. The molecule has 0 saturated heterocycles. The second-order valence-corrected chi connectivity index (χ2v) is 7.99. The van der Waals surface area contributed by atoms with Crippen molar-refractivity contribution in [3.05, 3.63) is 52.9 Å². The Bertz CT molecular complexity index is 787. The van der Waals surface area contributed by atoms with Crippen molar-refractivity contribution in [2.75, 3.05) is 0 Å². The Morgan fingerprint density at radius 1 is 1.27 bits per heavy atom. The molecule has 4 rings (SSSR count). The molecule has 2 bridgehead atoms. The van der Waals surface area contributed by atoms with Crippen molar-refractivity contribution in [3.63, 3.8) is 0 Å². The summed E-state index contributed by atoms with van der Waals surface area (Å²) in [7, 11) is 0. The molecule has 0 radical (unpaired) electrons. The topological polar surface area (TPSA) is 51.5 Å². The Hall–Kier alpha value is -1.94. The van der Waals surface area contributed by atoms with Crippen LogP contribution in [0.15, 0.2) is 40.8 Å². The van der Waals surface area contributed by atoms with Crippen LogP contribution in [0.25, 0.3) is 0 Å². The third kappa shape index (κ3) is 3.61. The number of ether oxygens (including phenoxy) is 1. The van der Waals surface area contributed by atoms with Gasteiger partial charge >= 0.3 is 0 Å². The van der Waals surface area contributed by atoms with E-state index in [1.54, 1.807) is 24.3 Å². The van der Waals surface area contributed by atoms with Gasteiger partial charge in [-0.1, -0.05) is 30.2 Å². The number of benzene rings is 1. The number of furan rings is 1. The molecule has 1 amide bonds. The largest absolute Gasteiger partial charge is 0.484 e. The van der Waals surface area contributed by atoms with E-state index in [4.69, 9.17) is 20.8 Å². The minimum atomic E-state index is -0.149. The summed E-state index contributed by atoms with van der Waals surface area (Å²) in [5.74, 6) is 3.65. The summed E-state index contributed by atoms with van der Waals surface area (Å²) in [5.41, 5.74) is 0. The van der Waals surface area contributed by atoms with Crippen LogP contribution < -0.4 is 10.1 Å². The van der Waals surface area contributed by atoms with Crippen LogP contribution in [0.2, 0.25) is 5.02 Å². The SMILES string of the molecule is CC(NC(=O)c1ccc(COc2ccccc2Cl)o1)C1CC2CCC1C2. The standard InChI is InChI=1S/C21H24ClNO3/c1-13(17-11-14-6-7-15(17)10-14)23-21(24)20-9-8-16(26-20)12-25-19-5-3-2-4-18(19)22/h2-5,8-9,13-15,17H,6-7,10-12H2,1H3,(H,23,24). The molecule has 2 aliphatic rings. The number of para-hydroxylation sites is 1. The van der Waals surface area contributed by atoms with Crippen LogP contribution in [-0.4, -0.2) is 11.9 Å². The summed E-state index contributed by atoms with van der Waals surface area (Å²) in [6, 6.07) is 10.9. The lowest BCUT2D eigenvalue weighted by Gasteiger charge is -2.28. The van der Waals surface area contributed by atoms with Gasteiger partial charge in [-0.3, -0.25) is 4.79 Å². The zero-order valence-electron chi connectivity index (χ0n) is 14.9. The van der Waals surface area contributed by atoms with Gasteiger partial charge in [-0.2, -0.15) is 0 Å². The number of fused-ring (bicyclic) bond motifs is 2. The summed E-state index contributed by atoms with van der Waals surface area (Å²) in [6.45, 7) is 2.35. The molecule has 1 aromatic heterocycles. The first-order valence-corrected chi connectivity index (χ1v) is 9.75. The average Bonchev–Trinajstić information content (AvgIpc) is 3.37. The van der Waals surface area contributed by atoms with Gasteiger partial charge in [0.15, 0.2) is 5.76 Å². The minimum Gasteiger partial charge on any atom is -0.484 e. The Morgan fingerprint density at radius 2 is 2.12 bits per heavy atom. The van der Waals surface area contributed by atoms with Crippen molar-refractivity contribution >= 4 is 17.5 Å². The van der Waals surface area contributed by atoms with Gasteiger partial charge in [0, 0.05) is 6.04 Å². The molecule has 26 heavy (non-hydrogen) atoms. The van der Waals surface area contributed by atoms with Crippen molar-refractivity contribution in [1.82, 2.24) is 5.32 Å². The highest BCUT2D eigenvalue weighted by atomic mass is 35.5. The molecule has 138 valence electrons. The summed E-state index contributed by atoms with van der Waals surface area (Å²) in [6.07, 6.45) is 5.28. The van der Waals surface area contributed by atoms with Crippen LogP contribution in [0.1, 0.15) is 48.9 Å². The molecule has 1 heterocycles. The second kappa shape index (κ2) is 7.36. The number of carbonyl (C=O) groups excluding carboxylic acids is 1. The smallest absolute Gasteiger partial charge is 0.287 e. The van der Waals surface area contributed by atoms with Crippen molar-refractivity contribution in [3.8, 4) is 5.75 Å². The van der Waals surface area contributed by atoms with E-state index in [0.29, 0.717) is 28.2 Å². The van der Waals surface area contributed by atoms with Crippen molar-refractivity contribution in [2.45, 2.75) is 45.3 Å². The lowest BCUT2D eigenvalue weighted by molar-refractivity contribution is 0.0883. The molecule has 2 fully saturated rings. The molecule has 4 nitrogen and oxygen atoms in total. The maximum Gasteiger partial charge on any atom is 0.287 e. The Morgan fingerprint density at radius 3 is 2.85 bits per heavy atom. The van der Waals surface area contributed by atoms with Gasteiger partial charge in [0.25, 0.3) is 5.91 Å². The highest BCUT2D eigenvalue weighted by Gasteiger charge is 2.42. The van der Waals surface area contributed by atoms with Crippen LogP contribution in [0.5, 0.6) is 5.75 Å². The van der Waals surface area contributed by atoms with E-state index in [2.05, 4.69) is 12.2 Å². The number of hydrogen-bond acceptors (Lipinski definition) is 3. The molecule has 1 aromatic carbocycles. The lowest BCUT2D eigenvalue weighted by Crippen LogP contribution is -2.40. The van der Waals surface area contributed by atoms with Gasteiger partial charge in [0.05, 0.1) is 5.02 Å². The zero-order valence-corrected chi connectivity index (χ0v) is 15.7. The van der Waals surface area contributed by atoms with E-state index in [9.17, 15) is 4.79 Å². The first-order chi connectivity index (χ1) is 12.6. The van der Waals surface area contributed by atoms with Gasteiger partial charge < -0.3 is 14.5 Å². The van der Waals surface area contributed by atoms with E-state index >= 15 is 0 Å². The highest BCUT2D eigenvalue weighted by Crippen LogP contribution is 2.49. The molecule has 0 spiro atoms. The van der Waals surface area contributed by atoms with Gasteiger partial charge in [-0.15, -0.1) is 0 Å². The predicted molar refractivity (Wildman–Crippen MR) is 100 cm³/mol. The predicted octanol–water partition coefficient (Wildman–Crippen LogP) is 5.07. The highest BCUT2D eigenvalue weighted by molar-refractivity contribution is 6.32. The summed E-state index contributed by atoms with van der Waals surface area (Å²) < 4.78 is 11.3. The molecule has 2 aliphatic carbocycles. The number of carbonyl (C=O) groups is 1. The second-order valence-electron chi connectivity index (χ2n) is 7.59. The molecule has 2 saturated carbocycles. The van der Waals surface area contributed by atoms with Crippen LogP contribution in [0, 0.1) is 17.8 Å². The van der Waals surface area contributed by atoms with Crippen LogP contribution in [0.3, 0.4) is 0 Å². The van der Waals surface area contributed by atoms with Gasteiger partial charge in [0.1, 0.15) is 18.1 Å². The summed E-state index contributed by atoms with van der Waals surface area (Å²) in [5, 5.41) is 3.68. The van der Waals surface area contributed by atoms with Crippen LogP contribution in [-0.2, 0) is 6.61 Å². The fourth-order valence-electron chi connectivity index (χ4n) is 4.58. The fourth-order valence-corrected chi connectivity index (χ4v) is 4.77. The van der Waals surface area contributed by atoms with Gasteiger partial charge in [0.2, 0.25) is 0 Å². The number of amides is 1. The Labute approximate surface area is 158 Å². The number of rotatable bonds is 6. The normalized spacial score (nSPS) is 25.2. The van der Waals surface area contributed by atoms with Crippen LogP contribution >= 0.6 is 11.6 Å². The Balaban J connectivity index is 1.32. The van der Waals surface area contributed by atoms with E-state index in [-0.39, 0.29) is 18.6 Å². The maximum atomic E-state index is 12.5. The van der Waals surface area contributed by atoms with Crippen molar-refractivity contribution < 1.29 is 13.9 Å². The fraction of sp³-hybridized carbons (Fsp3) is 0.476.